The highest BCUT2D eigenvalue weighted by Crippen LogP contribution is 2.32. The van der Waals surface area contributed by atoms with Crippen LogP contribution >= 0.6 is 0 Å². The van der Waals surface area contributed by atoms with Crippen LogP contribution in [0.2, 0.25) is 0 Å². The molecule has 0 bridgehead atoms. The Labute approximate surface area is 178 Å². The van der Waals surface area contributed by atoms with E-state index in [9.17, 15) is 13.2 Å². The van der Waals surface area contributed by atoms with Crippen LogP contribution in [0.3, 0.4) is 0 Å². The van der Waals surface area contributed by atoms with E-state index in [1.165, 1.54) is 18.5 Å². The summed E-state index contributed by atoms with van der Waals surface area (Å²) in [7, 11) is 0. The molecule has 160 valence electrons. The van der Waals surface area contributed by atoms with Crippen molar-refractivity contribution in [2.45, 2.75) is 6.18 Å². The number of fused-ring (bicyclic) bond motifs is 1. The summed E-state index contributed by atoms with van der Waals surface area (Å²) in [5.74, 6) is 1.03. The highest BCUT2D eigenvalue weighted by Gasteiger charge is 2.30. The van der Waals surface area contributed by atoms with E-state index >= 15 is 0 Å². The van der Waals surface area contributed by atoms with Crippen molar-refractivity contribution in [2.24, 2.45) is 0 Å². The van der Waals surface area contributed by atoms with E-state index in [1.54, 1.807) is 36.5 Å². The number of benzene rings is 2. The fourth-order valence-electron chi connectivity index (χ4n) is 3.02. The molecule has 0 fully saturated rings. The number of nitrogens with zero attached hydrogens (tertiary/aromatic N) is 4. The van der Waals surface area contributed by atoms with Gasteiger partial charge in [0, 0.05) is 17.4 Å². The van der Waals surface area contributed by atoms with E-state index in [4.69, 9.17) is 9.15 Å². The zero-order chi connectivity index (χ0) is 22.1. The van der Waals surface area contributed by atoms with Crippen molar-refractivity contribution >= 4 is 22.7 Å². The number of anilines is 2. The van der Waals surface area contributed by atoms with Crippen molar-refractivity contribution in [3.05, 3.63) is 72.7 Å². The Balaban J connectivity index is 1.36. The Hall–Kier alpha value is -4.41. The van der Waals surface area contributed by atoms with E-state index in [0.717, 1.165) is 17.5 Å². The van der Waals surface area contributed by atoms with Crippen LogP contribution in [0.25, 0.3) is 22.5 Å². The maximum Gasteiger partial charge on any atom is 0.416 e. The monoisotopic (exact) mass is 438 g/mol. The van der Waals surface area contributed by atoms with Crippen LogP contribution in [-0.2, 0) is 6.18 Å². The molecule has 5 aromatic rings. The summed E-state index contributed by atoms with van der Waals surface area (Å²) in [6.07, 6.45) is -1.32. The number of hydrogen-bond acceptors (Lipinski definition) is 7. The SMILES string of the molecule is FC(F)(F)c1cccc(Nc2nnc(-c3cccc(Oc4ncnc5[nH]ccc45)c3)o2)c1. The number of aromatic amines is 1. The first kappa shape index (κ1) is 19.5. The van der Waals surface area contributed by atoms with Gasteiger partial charge < -0.3 is 19.5 Å². The molecule has 0 aliphatic carbocycles. The van der Waals surface area contributed by atoms with E-state index in [0.29, 0.717) is 22.8 Å². The maximum atomic E-state index is 12.9. The van der Waals surface area contributed by atoms with Gasteiger partial charge in [0.2, 0.25) is 11.8 Å². The average Bonchev–Trinajstić information content (AvgIpc) is 3.44. The van der Waals surface area contributed by atoms with E-state index in [1.807, 2.05) is 0 Å². The van der Waals surface area contributed by atoms with Gasteiger partial charge in [-0.05, 0) is 42.5 Å². The van der Waals surface area contributed by atoms with Crippen LogP contribution in [0.1, 0.15) is 5.56 Å². The molecule has 0 saturated carbocycles. The second kappa shape index (κ2) is 7.69. The first-order chi connectivity index (χ1) is 15.5. The number of H-pyrrole nitrogens is 1. The smallest absolute Gasteiger partial charge is 0.416 e. The molecule has 0 spiro atoms. The minimum absolute atomic E-state index is 0.0459. The number of rotatable bonds is 5. The second-order valence-corrected chi connectivity index (χ2v) is 6.66. The standard InChI is InChI=1S/C21H13F3N6O2/c22-21(23,24)13-4-2-5-14(10-13)28-20-30-29-18(32-20)12-3-1-6-15(9-12)31-19-16-7-8-25-17(16)26-11-27-19/h1-11H,(H,28,30)(H,25,26,27). The van der Waals surface area contributed by atoms with Crippen molar-refractivity contribution in [1.29, 1.82) is 0 Å². The summed E-state index contributed by atoms with van der Waals surface area (Å²) in [6, 6.07) is 13.4. The topological polar surface area (TPSA) is 102 Å². The maximum absolute atomic E-state index is 12.9. The van der Waals surface area contributed by atoms with Crippen molar-refractivity contribution in [2.75, 3.05) is 5.32 Å². The molecule has 2 N–H and O–H groups in total. The molecule has 0 aliphatic heterocycles. The summed E-state index contributed by atoms with van der Waals surface area (Å²) in [6.45, 7) is 0. The Morgan fingerprint density at radius 2 is 1.84 bits per heavy atom. The third kappa shape index (κ3) is 3.95. The Morgan fingerprint density at radius 3 is 2.72 bits per heavy atom. The number of hydrogen-bond donors (Lipinski definition) is 2. The van der Waals surface area contributed by atoms with Gasteiger partial charge in [0.15, 0.2) is 0 Å². The van der Waals surface area contributed by atoms with Crippen molar-refractivity contribution in [1.82, 2.24) is 25.1 Å². The van der Waals surface area contributed by atoms with Crippen LogP contribution < -0.4 is 10.1 Å². The minimum Gasteiger partial charge on any atom is -0.438 e. The lowest BCUT2D eigenvalue weighted by Gasteiger charge is -2.08. The molecular weight excluding hydrogens is 425 g/mol. The second-order valence-electron chi connectivity index (χ2n) is 6.66. The molecule has 3 aromatic heterocycles. The average molecular weight is 438 g/mol. The largest absolute Gasteiger partial charge is 0.438 e. The molecule has 8 nitrogen and oxygen atoms in total. The van der Waals surface area contributed by atoms with Gasteiger partial charge in [0.05, 0.1) is 10.9 Å². The fraction of sp³-hybridized carbons (Fsp3) is 0.0476. The highest BCUT2D eigenvalue weighted by molar-refractivity contribution is 5.80. The van der Waals surface area contributed by atoms with Crippen LogP contribution in [0.5, 0.6) is 11.6 Å². The first-order valence-electron chi connectivity index (χ1n) is 9.30. The van der Waals surface area contributed by atoms with Crippen LogP contribution in [0.15, 0.2) is 71.5 Å². The van der Waals surface area contributed by atoms with Crippen LogP contribution in [0, 0.1) is 0 Å². The first-order valence-corrected chi connectivity index (χ1v) is 9.30. The van der Waals surface area contributed by atoms with Gasteiger partial charge in [-0.1, -0.05) is 17.2 Å². The molecule has 32 heavy (non-hydrogen) atoms. The van der Waals surface area contributed by atoms with Gasteiger partial charge in [0.1, 0.15) is 17.7 Å². The molecular formula is C21H13F3N6O2. The summed E-state index contributed by atoms with van der Waals surface area (Å²) in [4.78, 5) is 11.3. The van der Waals surface area contributed by atoms with Crippen LogP contribution in [-0.4, -0.2) is 25.1 Å². The van der Waals surface area contributed by atoms with Gasteiger partial charge in [-0.15, -0.1) is 5.10 Å². The Kier molecular flexibility index (Phi) is 4.70. The highest BCUT2D eigenvalue weighted by atomic mass is 19.4. The summed E-state index contributed by atoms with van der Waals surface area (Å²) < 4.78 is 50.1. The molecule has 0 saturated heterocycles. The Bertz CT molecular complexity index is 1400. The lowest BCUT2D eigenvalue weighted by molar-refractivity contribution is -0.137. The van der Waals surface area contributed by atoms with Crippen molar-refractivity contribution < 1.29 is 22.3 Å². The number of aromatic nitrogens is 5. The third-order valence-corrected chi connectivity index (χ3v) is 4.48. The Morgan fingerprint density at radius 1 is 0.969 bits per heavy atom. The lowest BCUT2D eigenvalue weighted by Crippen LogP contribution is -2.05. The molecule has 0 amide bonds. The molecule has 3 heterocycles. The minimum atomic E-state index is -4.45. The van der Waals surface area contributed by atoms with Gasteiger partial charge in [-0.2, -0.15) is 13.2 Å². The fourth-order valence-corrected chi connectivity index (χ4v) is 3.02. The van der Waals surface area contributed by atoms with E-state index in [2.05, 4.69) is 30.5 Å². The molecule has 0 aliphatic rings. The van der Waals surface area contributed by atoms with Crippen molar-refractivity contribution in [3.8, 4) is 23.1 Å². The zero-order valence-corrected chi connectivity index (χ0v) is 16.1. The quantitative estimate of drug-likeness (QED) is 0.370. The number of halogens is 3. The van der Waals surface area contributed by atoms with Gasteiger partial charge >= 0.3 is 12.2 Å². The van der Waals surface area contributed by atoms with E-state index in [-0.39, 0.29) is 17.6 Å². The molecule has 5 rings (SSSR count). The summed E-state index contributed by atoms with van der Waals surface area (Å²) in [5.41, 5.74) is 0.597. The third-order valence-electron chi connectivity index (χ3n) is 4.48. The lowest BCUT2D eigenvalue weighted by atomic mass is 10.2. The van der Waals surface area contributed by atoms with Gasteiger partial charge in [-0.3, -0.25) is 0 Å². The normalized spacial score (nSPS) is 11.6. The number of ether oxygens (including phenoxy) is 1. The molecule has 0 unspecified atom stereocenters. The number of alkyl halides is 3. The predicted molar refractivity (Wildman–Crippen MR) is 108 cm³/mol. The van der Waals surface area contributed by atoms with Crippen LogP contribution in [0.4, 0.5) is 24.9 Å². The summed E-state index contributed by atoms with van der Waals surface area (Å²) >= 11 is 0. The van der Waals surface area contributed by atoms with E-state index < -0.39 is 11.7 Å². The number of nitrogens with one attached hydrogen (secondary N) is 2. The zero-order valence-electron chi connectivity index (χ0n) is 16.1. The predicted octanol–water partition coefficient (Wildman–Crippen LogP) is 5.56. The molecule has 0 radical (unpaired) electrons. The molecule has 2 aromatic carbocycles. The van der Waals surface area contributed by atoms with Gasteiger partial charge in [-0.25, -0.2) is 9.97 Å². The van der Waals surface area contributed by atoms with Crippen molar-refractivity contribution in [3.63, 3.8) is 0 Å². The molecule has 0 atom stereocenters. The van der Waals surface area contributed by atoms with Gasteiger partial charge in [0.25, 0.3) is 0 Å². The molecule has 11 heteroatoms. The summed E-state index contributed by atoms with van der Waals surface area (Å²) in [5, 5.41) is 11.2.